The lowest BCUT2D eigenvalue weighted by atomic mass is 9.87. The van der Waals surface area contributed by atoms with E-state index in [1.807, 2.05) is 24.3 Å². The van der Waals surface area contributed by atoms with Crippen LogP contribution < -0.4 is 18.9 Å². The van der Waals surface area contributed by atoms with E-state index < -0.39 is 0 Å². The summed E-state index contributed by atoms with van der Waals surface area (Å²) >= 11 is 0. The Morgan fingerprint density at radius 1 is 0.674 bits per heavy atom. The Balaban J connectivity index is 1.69. The summed E-state index contributed by atoms with van der Waals surface area (Å²) < 4.78 is 28.1. The van der Waals surface area contributed by atoms with Crippen molar-refractivity contribution in [3.05, 3.63) is 122 Å². The van der Waals surface area contributed by atoms with Gasteiger partial charge in [0.25, 0.3) is 5.69 Å². The first-order chi connectivity index (χ1) is 22.3. The van der Waals surface area contributed by atoms with Crippen molar-refractivity contribution in [1.82, 2.24) is 9.13 Å². The minimum absolute atomic E-state index is 0.0477. The number of nitro groups is 1. The van der Waals surface area contributed by atoms with Crippen molar-refractivity contribution in [2.75, 3.05) is 28.4 Å². The quantitative estimate of drug-likeness (QED) is 0.140. The maximum atomic E-state index is 11.7. The molecule has 0 spiro atoms. The molecule has 7 rings (SSSR count). The van der Waals surface area contributed by atoms with Gasteiger partial charge >= 0.3 is 0 Å². The highest BCUT2D eigenvalue weighted by Gasteiger charge is 2.34. The number of non-ortho nitro benzene ring substituents is 1. The first-order valence-electron chi connectivity index (χ1n) is 15.1. The summed E-state index contributed by atoms with van der Waals surface area (Å²) in [4.78, 5) is 11.3. The van der Waals surface area contributed by atoms with Crippen LogP contribution in [0.1, 0.15) is 45.1 Å². The van der Waals surface area contributed by atoms with Gasteiger partial charge in [-0.2, -0.15) is 0 Å². The van der Waals surface area contributed by atoms with Crippen LogP contribution in [0.3, 0.4) is 0 Å². The molecule has 0 bridgehead atoms. The Labute approximate surface area is 266 Å². The topological polar surface area (TPSA) is 89.9 Å². The van der Waals surface area contributed by atoms with E-state index in [2.05, 4.69) is 59.4 Å². The van der Waals surface area contributed by atoms with Gasteiger partial charge in [-0.05, 0) is 41.7 Å². The zero-order valence-corrected chi connectivity index (χ0v) is 26.7. The van der Waals surface area contributed by atoms with E-state index >= 15 is 0 Å². The van der Waals surface area contributed by atoms with Gasteiger partial charge in [-0.15, -0.1) is 0 Å². The highest BCUT2D eigenvalue weighted by molar-refractivity contribution is 5.95. The van der Waals surface area contributed by atoms with E-state index in [1.165, 1.54) is 11.1 Å². The summed E-state index contributed by atoms with van der Waals surface area (Å²) in [6, 6.07) is 23.4. The van der Waals surface area contributed by atoms with Crippen LogP contribution >= 0.6 is 0 Å². The summed E-state index contributed by atoms with van der Waals surface area (Å²) in [6.07, 6.45) is 0. The smallest absolute Gasteiger partial charge is 0.269 e. The number of fused-ring (bicyclic) bond motifs is 7. The largest absolute Gasteiger partial charge is 0.497 e. The molecule has 0 atom stereocenters. The number of aromatic nitrogens is 2. The molecule has 6 aromatic rings. The van der Waals surface area contributed by atoms with Crippen molar-refractivity contribution in [2.24, 2.45) is 0 Å². The van der Waals surface area contributed by atoms with Crippen molar-refractivity contribution in [3.63, 3.8) is 0 Å². The van der Waals surface area contributed by atoms with Gasteiger partial charge in [-0.1, -0.05) is 36.4 Å². The molecule has 9 heteroatoms. The summed E-state index contributed by atoms with van der Waals surface area (Å²) in [5.74, 6) is 2.55. The van der Waals surface area contributed by atoms with Gasteiger partial charge in [0.15, 0.2) is 0 Å². The average Bonchev–Trinajstić information content (AvgIpc) is 3.52. The number of ether oxygens (including phenoxy) is 4. The van der Waals surface area contributed by atoms with Crippen molar-refractivity contribution in [2.45, 2.75) is 32.9 Å². The fraction of sp³-hybridized carbons (Fsp3) is 0.243. The van der Waals surface area contributed by atoms with Crippen molar-refractivity contribution < 1.29 is 23.9 Å². The lowest BCUT2D eigenvalue weighted by Gasteiger charge is -2.24. The van der Waals surface area contributed by atoms with Crippen molar-refractivity contribution in [3.8, 4) is 23.0 Å². The molecule has 0 fully saturated rings. The lowest BCUT2D eigenvalue weighted by Crippen LogP contribution is -2.15. The standard InChI is InChI=1S/C37H35N3O6/c1-21-33-29(15-27(43-3)17-31(33)45-5)38-19-24-9-7-8-10-25(24)20-39-30-16-28(44-4)18-32(46-6)34(30)22(2)37(39)35(36(21)38)23-11-13-26(14-12-23)40(41)42/h7-18,35H,19-20H2,1-6H3. The number of hydrogen-bond donors (Lipinski definition) is 0. The number of aryl methyl sites for hydroxylation is 2. The van der Waals surface area contributed by atoms with Crippen molar-refractivity contribution in [1.29, 1.82) is 0 Å². The van der Waals surface area contributed by atoms with Crippen LogP contribution in [-0.2, 0) is 13.1 Å². The van der Waals surface area contributed by atoms with E-state index in [1.54, 1.807) is 40.6 Å². The molecule has 4 aromatic carbocycles. The summed E-state index contributed by atoms with van der Waals surface area (Å²) in [5.41, 5.74) is 9.63. The number of methoxy groups -OCH3 is 4. The minimum Gasteiger partial charge on any atom is -0.497 e. The first kappa shape index (κ1) is 29.3. The van der Waals surface area contributed by atoms with Gasteiger partial charge < -0.3 is 28.1 Å². The third kappa shape index (κ3) is 4.37. The summed E-state index contributed by atoms with van der Waals surface area (Å²) in [5, 5.41) is 13.7. The number of hydrogen-bond acceptors (Lipinski definition) is 6. The molecule has 46 heavy (non-hydrogen) atoms. The molecule has 0 N–H and O–H groups in total. The highest BCUT2D eigenvalue weighted by Crippen LogP contribution is 2.48. The SMILES string of the molecule is COc1cc(OC)c2c(C)c3n(c2c1)Cc1ccccc1Cn1c(c(C)c2c(OC)cc(OC)cc21)C3c1ccc([N+](=O)[O-])cc1. The Morgan fingerprint density at radius 2 is 1.13 bits per heavy atom. The van der Waals surface area contributed by atoms with Crippen LogP contribution in [0.2, 0.25) is 0 Å². The molecule has 2 aromatic heterocycles. The molecule has 9 nitrogen and oxygen atoms in total. The summed E-state index contributed by atoms with van der Waals surface area (Å²) in [7, 11) is 6.68. The Hall–Kier alpha value is -5.44. The Bertz CT molecular complexity index is 2030. The number of nitro benzene ring substituents is 1. The zero-order chi connectivity index (χ0) is 32.3. The van der Waals surface area contributed by atoms with Crippen LogP contribution in [0.25, 0.3) is 21.8 Å². The Morgan fingerprint density at radius 3 is 1.52 bits per heavy atom. The van der Waals surface area contributed by atoms with E-state index in [0.29, 0.717) is 24.6 Å². The van der Waals surface area contributed by atoms with Gasteiger partial charge in [0.05, 0.1) is 50.3 Å². The number of nitrogens with zero attached hydrogens (tertiary/aromatic N) is 3. The second kappa shape index (κ2) is 11.2. The maximum absolute atomic E-state index is 11.7. The molecular formula is C37H35N3O6. The average molecular weight is 618 g/mol. The molecule has 1 aliphatic heterocycles. The van der Waals surface area contributed by atoms with Crippen LogP contribution in [0.5, 0.6) is 23.0 Å². The van der Waals surface area contributed by atoms with Crippen molar-refractivity contribution >= 4 is 27.5 Å². The van der Waals surface area contributed by atoms with E-state index in [0.717, 1.165) is 61.4 Å². The predicted octanol–water partition coefficient (Wildman–Crippen LogP) is 7.75. The fourth-order valence-corrected chi connectivity index (χ4v) is 7.34. The molecule has 234 valence electrons. The first-order valence-corrected chi connectivity index (χ1v) is 15.1. The lowest BCUT2D eigenvalue weighted by molar-refractivity contribution is -0.384. The molecule has 0 saturated heterocycles. The molecule has 1 aliphatic rings. The molecule has 0 amide bonds. The van der Waals surface area contributed by atoms with Gasteiger partial charge in [-0.25, -0.2) is 0 Å². The van der Waals surface area contributed by atoms with E-state index in [9.17, 15) is 10.1 Å². The predicted molar refractivity (Wildman–Crippen MR) is 178 cm³/mol. The van der Waals surface area contributed by atoms with Gasteiger partial charge in [0.2, 0.25) is 0 Å². The monoisotopic (exact) mass is 617 g/mol. The maximum Gasteiger partial charge on any atom is 0.269 e. The second-order valence-corrected chi connectivity index (χ2v) is 11.7. The van der Waals surface area contributed by atoms with Crippen LogP contribution in [0, 0.1) is 24.0 Å². The molecular weight excluding hydrogens is 582 g/mol. The fourth-order valence-electron chi connectivity index (χ4n) is 7.34. The normalized spacial score (nSPS) is 12.9. The summed E-state index contributed by atoms with van der Waals surface area (Å²) in [6.45, 7) is 5.50. The number of rotatable bonds is 6. The van der Waals surface area contributed by atoms with Crippen LogP contribution in [0.15, 0.2) is 72.8 Å². The number of benzene rings is 4. The molecule has 0 saturated carbocycles. The molecule has 3 heterocycles. The van der Waals surface area contributed by atoms with Gasteiger partial charge in [0.1, 0.15) is 23.0 Å². The minimum atomic E-state index is -0.359. The van der Waals surface area contributed by atoms with E-state index in [-0.39, 0.29) is 16.5 Å². The molecule has 0 unspecified atom stereocenters. The second-order valence-electron chi connectivity index (χ2n) is 11.7. The Kier molecular flexibility index (Phi) is 7.11. The van der Waals surface area contributed by atoms with Crippen LogP contribution in [-0.4, -0.2) is 42.5 Å². The van der Waals surface area contributed by atoms with E-state index in [4.69, 9.17) is 18.9 Å². The third-order valence-corrected chi connectivity index (χ3v) is 9.46. The molecule has 0 radical (unpaired) electrons. The highest BCUT2D eigenvalue weighted by atomic mass is 16.6. The molecule has 0 aliphatic carbocycles. The van der Waals surface area contributed by atoms with Gasteiger partial charge in [0, 0.05) is 71.6 Å². The third-order valence-electron chi connectivity index (χ3n) is 9.46. The zero-order valence-electron chi connectivity index (χ0n) is 26.7. The van der Waals surface area contributed by atoms with Crippen LogP contribution in [0.4, 0.5) is 5.69 Å². The van der Waals surface area contributed by atoms with Gasteiger partial charge in [-0.3, -0.25) is 10.1 Å².